The molecule has 0 saturated carbocycles. The highest BCUT2D eigenvalue weighted by atomic mass is 16.5. The van der Waals surface area contributed by atoms with Crippen molar-refractivity contribution in [2.24, 2.45) is 5.92 Å². The summed E-state index contributed by atoms with van der Waals surface area (Å²) in [7, 11) is 0. The molecule has 0 unspecified atom stereocenters. The molecule has 0 aliphatic heterocycles. The molecule has 0 aromatic carbocycles. The monoisotopic (exact) mass is 290 g/mol. The second-order valence-corrected chi connectivity index (χ2v) is 6.13. The van der Waals surface area contributed by atoms with E-state index < -0.39 is 0 Å². The summed E-state index contributed by atoms with van der Waals surface area (Å²) in [5, 5.41) is 12.2. The molecule has 1 N–H and O–H groups in total. The zero-order chi connectivity index (χ0) is 15.6. The first-order chi connectivity index (χ1) is 9.90. The molecule has 0 saturated heterocycles. The molecule has 21 heavy (non-hydrogen) atoms. The first-order valence-electron chi connectivity index (χ1n) is 7.55. The molecule has 0 aliphatic carbocycles. The van der Waals surface area contributed by atoms with Crippen molar-refractivity contribution in [2.75, 3.05) is 6.54 Å². The molecule has 0 atom stereocenters. The average molecular weight is 290 g/mol. The lowest BCUT2D eigenvalue weighted by molar-refractivity contribution is 0.391. The van der Waals surface area contributed by atoms with Gasteiger partial charge in [-0.25, -0.2) is 0 Å². The van der Waals surface area contributed by atoms with Crippen LogP contribution in [-0.2, 0) is 13.1 Å². The molecule has 0 bridgehead atoms. The highest BCUT2D eigenvalue weighted by Gasteiger charge is 2.15. The lowest BCUT2D eigenvalue weighted by Crippen LogP contribution is -2.19. The third kappa shape index (κ3) is 3.53. The van der Waals surface area contributed by atoms with E-state index in [1.54, 1.807) is 0 Å². The van der Waals surface area contributed by atoms with Gasteiger partial charge < -0.3 is 9.84 Å². The number of aryl methyl sites for hydroxylation is 3. The van der Waals surface area contributed by atoms with E-state index in [1.807, 2.05) is 18.5 Å². The van der Waals surface area contributed by atoms with Crippen molar-refractivity contribution in [3.63, 3.8) is 0 Å². The van der Waals surface area contributed by atoms with E-state index in [1.165, 1.54) is 11.3 Å². The van der Waals surface area contributed by atoms with Crippen LogP contribution in [0.3, 0.4) is 0 Å². The fourth-order valence-electron chi connectivity index (χ4n) is 2.51. The number of hydrogen-bond donors (Lipinski definition) is 1. The highest BCUT2D eigenvalue weighted by Crippen LogP contribution is 2.18. The number of nitrogens with zero attached hydrogens (tertiary/aromatic N) is 3. The second-order valence-electron chi connectivity index (χ2n) is 6.13. The van der Waals surface area contributed by atoms with Crippen LogP contribution < -0.4 is 5.32 Å². The Hall–Kier alpha value is -1.62. The maximum absolute atomic E-state index is 5.23. The highest BCUT2D eigenvalue weighted by molar-refractivity contribution is 5.27. The minimum Gasteiger partial charge on any atom is -0.361 e. The van der Waals surface area contributed by atoms with Crippen LogP contribution in [0.5, 0.6) is 0 Å². The average Bonchev–Trinajstić information content (AvgIpc) is 2.86. The Morgan fingerprint density at radius 1 is 1.10 bits per heavy atom. The first kappa shape index (κ1) is 15.8. The molecule has 2 aromatic rings. The Bertz CT molecular complexity index is 591. The van der Waals surface area contributed by atoms with E-state index in [2.05, 4.69) is 43.3 Å². The minimum absolute atomic E-state index is 0.656. The van der Waals surface area contributed by atoms with E-state index >= 15 is 0 Å². The van der Waals surface area contributed by atoms with Gasteiger partial charge in [0.05, 0.1) is 17.9 Å². The van der Waals surface area contributed by atoms with Crippen LogP contribution in [0.15, 0.2) is 4.52 Å². The Kier molecular flexibility index (Phi) is 4.83. The second kappa shape index (κ2) is 6.43. The van der Waals surface area contributed by atoms with Gasteiger partial charge in [0.15, 0.2) is 0 Å². The first-order valence-corrected chi connectivity index (χ1v) is 7.55. The Balaban J connectivity index is 2.15. The predicted molar refractivity (Wildman–Crippen MR) is 83.3 cm³/mol. The van der Waals surface area contributed by atoms with Crippen LogP contribution >= 0.6 is 0 Å². The van der Waals surface area contributed by atoms with Crippen LogP contribution in [0.4, 0.5) is 0 Å². The lowest BCUT2D eigenvalue weighted by Gasteiger charge is -2.08. The van der Waals surface area contributed by atoms with Crippen molar-refractivity contribution < 1.29 is 4.52 Å². The van der Waals surface area contributed by atoms with Gasteiger partial charge in [-0.2, -0.15) is 5.10 Å². The lowest BCUT2D eigenvalue weighted by atomic mass is 10.1. The van der Waals surface area contributed by atoms with Crippen molar-refractivity contribution >= 4 is 0 Å². The number of hydrogen-bond acceptors (Lipinski definition) is 4. The summed E-state index contributed by atoms with van der Waals surface area (Å²) in [5.74, 6) is 1.53. The van der Waals surface area contributed by atoms with Crippen LogP contribution in [0, 0.1) is 33.6 Å². The minimum atomic E-state index is 0.656. The van der Waals surface area contributed by atoms with Gasteiger partial charge in [0.25, 0.3) is 0 Å². The van der Waals surface area contributed by atoms with Gasteiger partial charge in [0.2, 0.25) is 0 Å². The molecule has 2 heterocycles. The van der Waals surface area contributed by atoms with E-state index in [0.717, 1.165) is 42.3 Å². The molecule has 0 radical (unpaired) electrons. The van der Waals surface area contributed by atoms with E-state index in [9.17, 15) is 0 Å². The van der Waals surface area contributed by atoms with Crippen molar-refractivity contribution in [1.82, 2.24) is 20.3 Å². The van der Waals surface area contributed by atoms with Gasteiger partial charge in [-0.3, -0.25) is 4.68 Å². The summed E-state index contributed by atoms with van der Waals surface area (Å²) in [6.45, 7) is 15.2. The van der Waals surface area contributed by atoms with Gasteiger partial charge in [-0.1, -0.05) is 19.0 Å². The van der Waals surface area contributed by atoms with Gasteiger partial charge in [0, 0.05) is 23.4 Å². The third-order valence-electron chi connectivity index (χ3n) is 3.87. The SMILES string of the molecule is Cc1noc(C)c1Cn1nc(C)c(CNCC(C)C)c1C. The van der Waals surface area contributed by atoms with Crippen molar-refractivity contribution in [3.05, 3.63) is 34.0 Å². The van der Waals surface area contributed by atoms with Gasteiger partial charge in [-0.15, -0.1) is 0 Å². The standard InChI is InChI=1S/C16H26N4O/c1-10(2)7-17-8-15-11(3)18-20(13(15)5)9-16-12(4)19-21-14(16)6/h10,17H,7-9H2,1-6H3. The summed E-state index contributed by atoms with van der Waals surface area (Å²) in [4.78, 5) is 0. The summed E-state index contributed by atoms with van der Waals surface area (Å²) in [6.07, 6.45) is 0. The summed E-state index contributed by atoms with van der Waals surface area (Å²) >= 11 is 0. The van der Waals surface area contributed by atoms with Crippen LogP contribution in [0.2, 0.25) is 0 Å². The molecule has 2 aromatic heterocycles. The number of rotatable bonds is 6. The van der Waals surface area contributed by atoms with Crippen molar-refractivity contribution in [1.29, 1.82) is 0 Å². The van der Waals surface area contributed by atoms with Crippen molar-refractivity contribution in [2.45, 2.75) is 54.6 Å². The molecule has 0 aliphatic rings. The Morgan fingerprint density at radius 3 is 2.38 bits per heavy atom. The summed E-state index contributed by atoms with van der Waals surface area (Å²) < 4.78 is 7.28. The van der Waals surface area contributed by atoms with E-state index in [0.29, 0.717) is 5.92 Å². The molecule has 0 amide bonds. The van der Waals surface area contributed by atoms with E-state index in [-0.39, 0.29) is 0 Å². The van der Waals surface area contributed by atoms with E-state index in [4.69, 9.17) is 4.52 Å². The molecular formula is C16H26N4O. The predicted octanol–water partition coefficient (Wildman–Crippen LogP) is 2.90. The zero-order valence-electron chi connectivity index (χ0n) is 13.9. The molecule has 0 spiro atoms. The zero-order valence-corrected chi connectivity index (χ0v) is 13.9. The molecule has 0 fully saturated rings. The summed E-state index contributed by atoms with van der Waals surface area (Å²) in [5.41, 5.74) is 5.67. The van der Waals surface area contributed by atoms with Crippen LogP contribution in [0.25, 0.3) is 0 Å². The maximum Gasteiger partial charge on any atom is 0.138 e. The molecule has 5 nitrogen and oxygen atoms in total. The maximum atomic E-state index is 5.23. The fraction of sp³-hybridized carbons (Fsp3) is 0.625. The van der Waals surface area contributed by atoms with Gasteiger partial charge in [0.1, 0.15) is 5.76 Å². The largest absolute Gasteiger partial charge is 0.361 e. The molecule has 5 heteroatoms. The van der Waals surface area contributed by atoms with Gasteiger partial charge in [-0.05, 0) is 40.2 Å². The topological polar surface area (TPSA) is 55.9 Å². The summed E-state index contributed by atoms with van der Waals surface area (Å²) in [6, 6.07) is 0. The normalized spacial score (nSPS) is 11.6. The number of nitrogens with one attached hydrogen (secondary N) is 1. The van der Waals surface area contributed by atoms with Crippen LogP contribution in [0.1, 0.15) is 47.8 Å². The Morgan fingerprint density at radius 2 is 1.81 bits per heavy atom. The smallest absolute Gasteiger partial charge is 0.138 e. The third-order valence-corrected chi connectivity index (χ3v) is 3.87. The quantitative estimate of drug-likeness (QED) is 0.888. The number of aromatic nitrogens is 3. The molecule has 2 rings (SSSR count). The Labute approximate surface area is 126 Å². The fourth-order valence-corrected chi connectivity index (χ4v) is 2.51. The van der Waals surface area contributed by atoms with Gasteiger partial charge >= 0.3 is 0 Å². The van der Waals surface area contributed by atoms with Crippen molar-refractivity contribution in [3.8, 4) is 0 Å². The molecular weight excluding hydrogens is 264 g/mol. The molecule has 116 valence electrons. The van der Waals surface area contributed by atoms with Crippen LogP contribution in [-0.4, -0.2) is 21.5 Å².